The van der Waals surface area contributed by atoms with Crippen LogP contribution in [0.25, 0.3) is 11.3 Å². The number of anilines is 1. The van der Waals surface area contributed by atoms with Gasteiger partial charge < -0.3 is 5.32 Å². The van der Waals surface area contributed by atoms with Crippen LogP contribution in [0.15, 0.2) is 24.4 Å². The first-order valence-electron chi connectivity index (χ1n) is 5.86. The van der Waals surface area contributed by atoms with E-state index in [1.54, 1.807) is 12.3 Å². The van der Waals surface area contributed by atoms with Gasteiger partial charge in [-0.3, -0.25) is 9.89 Å². The molecule has 0 saturated carbocycles. The van der Waals surface area contributed by atoms with Crippen LogP contribution >= 0.6 is 0 Å². The molecule has 0 aromatic carbocycles. The highest BCUT2D eigenvalue weighted by Crippen LogP contribution is 2.21. The fourth-order valence-electron chi connectivity index (χ4n) is 1.59. The zero-order chi connectivity index (χ0) is 13.1. The lowest BCUT2D eigenvalue weighted by Gasteiger charge is -2.09. The highest BCUT2D eigenvalue weighted by Gasteiger charge is 2.10. The van der Waals surface area contributed by atoms with Crippen molar-refractivity contribution in [2.45, 2.75) is 20.8 Å². The molecule has 0 saturated heterocycles. The standard InChI is InChI=1S/C13H16N4O/c1-8(2)13(18)16-12-5-4-10(9(3)15-12)11-6-7-14-17-11/h4-8H,1-3H3,(H,14,17)(H,15,16,18). The largest absolute Gasteiger partial charge is 0.310 e. The predicted molar refractivity (Wildman–Crippen MR) is 70.0 cm³/mol. The fourth-order valence-corrected chi connectivity index (χ4v) is 1.59. The molecular formula is C13H16N4O. The summed E-state index contributed by atoms with van der Waals surface area (Å²) in [5.41, 5.74) is 2.75. The first kappa shape index (κ1) is 12.3. The minimum absolute atomic E-state index is 0.0313. The minimum Gasteiger partial charge on any atom is -0.310 e. The number of aromatic nitrogens is 3. The zero-order valence-electron chi connectivity index (χ0n) is 10.7. The number of nitrogens with zero attached hydrogens (tertiary/aromatic N) is 2. The molecule has 0 unspecified atom stereocenters. The number of aryl methyl sites for hydroxylation is 1. The van der Waals surface area contributed by atoms with Gasteiger partial charge in [0.1, 0.15) is 5.82 Å². The minimum atomic E-state index is -0.0561. The number of pyridine rings is 1. The molecule has 5 nitrogen and oxygen atoms in total. The molecule has 0 bridgehead atoms. The quantitative estimate of drug-likeness (QED) is 0.870. The van der Waals surface area contributed by atoms with Gasteiger partial charge in [0.2, 0.25) is 5.91 Å². The Bertz CT molecular complexity index is 546. The summed E-state index contributed by atoms with van der Waals surface area (Å²) in [7, 11) is 0. The van der Waals surface area contributed by atoms with E-state index in [0.717, 1.165) is 17.0 Å². The van der Waals surface area contributed by atoms with Crippen molar-refractivity contribution in [1.29, 1.82) is 0 Å². The molecule has 0 radical (unpaired) electrons. The van der Waals surface area contributed by atoms with E-state index in [1.165, 1.54) is 0 Å². The molecule has 0 spiro atoms. The summed E-state index contributed by atoms with van der Waals surface area (Å²) < 4.78 is 0. The maximum atomic E-state index is 11.6. The summed E-state index contributed by atoms with van der Waals surface area (Å²) in [6, 6.07) is 5.60. The van der Waals surface area contributed by atoms with Crippen molar-refractivity contribution >= 4 is 11.7 Å². The summed E-state index contributed by atoms with van der Waals surface area (Å²) in [5.74, 6) is 0.491. The Labute approximate surface area is 106 Å². The predicted octanol–water partition coefficient (Wildman–Crippen LogP) is 2.37. The second-order valence-electron chi connectivity index (χ2n) is 4.44. The molecule has 0 aliphatic rings. The number of hydrogen-bond acceptors (Lipinski definition) is 3. The number of amides is 1. The number of H-pyrrole nitrogens is 1. The number of nitrogens with one attached hydrogen (secondary N) is 2. The van der Waals surface area contributed by atoms with Gasteiger partial charge >= 0.3 is 0 Å². The molecule has 5 heteroatoms. The van der Waals surface area contributed by atoms with Gasteiger partial charge in [-0.15, -0.1) is 0 Å². The van der Waals surface area contributed by atoms with Gasteiger partial charge in [-0.05, 0) is 25.1 Å². The third kappa shape index (κ3) is 2.56. The van der Waals surface area contributed by atoms with Crippen molar-refractivity contribution in [2.24, 2.45) is 5.92 Å². The zero-order valence-corrected chi connectivity index (χ0v) is 10.7. The van der Waals surface area contributed by atoms with Gasteiger partial charge in [-0.25, -0.2) is 4.98 Å². The Hall–Kier alpha value is -2.17. The molecule has 1 amide bonds. The first-order chi connectivity index (χ1) is 8.58. The van der Waals surface area contributed by atoms with E-state index in [1.807, 2.05) is 32.9 Å². The van der Waals surface area contributed by atoms with E-state index < -0.39 is 0 Å². The summed E-state index contributed by atoms with van der Waals surface area (Å²) in [4.78, 5) is 15.9. The number of aromatic amines is 1. The molecule has 2 heterocycles. The monoisotopic (exact) mass is 244 g/mol. The third-order valence-electron chi connectivity index (χ3n) is 2.65. The molecular weight excluding hydrogens is 228 g/mol. The molecule has 0 fully saturated rings. The lowest BCUT2D eigenvalue weighted by Crippen LogP contribution is -2.18. The van der Waals surface area contributed by atoms with Gasteiger partial charge in [-0.2, -0.15) is 5.10 Å². The lowest BCUT2D eigenvalue weighted by atomic mass is 10.1. The highest BCUT2D eigenvalue weighted by atomic mass is 16.1. The Morgan fingerprint density at radius 1 is 1.33 bits per heavy atom. The fraction of sp³-hybridized carbons (Fsp3) is 0.308. The average Bonchev–Trinajstić information content (AvgIpc) is 2.82. The highest BCUT2D eigenvalue weighted by molar-refractivity contribution is 5.91. The van der Waals surface area contributed by atoms with Crippen molar-refractivity contribution in [3.63, 3.8) is 0 Å². The Morgan fingerprint density at radius 3 is 2.67 bits per heavy atom. The van der Waals surface area contributed by atoms with Crippen LogP contribution in [0.3, 0.4) is 0 Å². The van der Waals surface area contributed by atoms with Crippen LogP contribution in [-0.4, -0.2) is 21.1 Å². The van der Waals surface area contributed by atoms with Gasteiger partial charge in [-0.1, -0.05) is 13.8 Å². The second kappa shape index (κ2) is 5.00. The SMILES string of the molecule is Cc1nc(NC(=O)C(C)C)ccc1-c1ccn[nH]1. The van der Waals surface area contributed by atoms with Crippen molar-refractivity contribution in [3.05, 3.63) is 30.1 Å². The van der Waals surface area contributed by atoms with Crippen LogP contribution in [0, 0.1) is 12.8 Å². The van der Waals surface area contributed by atoms with E-state index in [2.05, 4.69) is 20.5 Å². The Kier molecular flexibility index (Phi) is 3.41. The van der Waals surface area contributed by atoms with E-state index in [4.69, 9.17) is 0 Å². The Morgan fingerprint density at radius 2 is 2.11 bits per heavy atom. The van der Waals surface area contributed by atoms with Crippen molar-refractivity contribution in [3.8, 4) is 11.3 Å². The van der Waals surface area contributed by atoms with Crippen molar-refractivity contribution in [1.82, 2.24) is 15.2 Å². The van der Waals surface area contributed by atoms with E-state index in [-0.39, 0.29) is 11.8 Å². The summed E-state index contributed by atoms with van der Waals surface area (Å²) in [6.07, 6.45) is 1.70. The van der Waals surface area contributed by atoms with Gasteiger partial charge in [0.25, 0.3) is 0 Å². The maximum absolute atomic E-state index is 11.6. The van der Waals surface area contributed by atoms with Crippen molar-refractivity contribution in [2.75, 3.05) is 5.32 Å². The van der Waals surface area contributed by atoms with E-state index in [0.29, 0.717) is 5.82 Å². The molecule has 18 heavy (non-hydrogen) atoms. The van der Waals surface area contributed by atoms with Crippen LogP contribution in [0.5, 0.6) is 0 Å². The molecule has 94 valence electrons. The van der Waals surface area contributed by atoms with Gasteiger partial charge in [0.05, 0.1) is 5.69 Å². The van der Waals surface area contributed by atoms with Crippen LogP contribution in [0.2, 0.25) is 0 Å². The first-order valence-corrected chi connectivity index (χ1v) is 5.86. The summed E-state index contributed by atoms with van der Waals surface area (Å²) >= 11 is 0. The smallest absolute Gasteiger partial charge is 0.228 e. The second-order valence-corrected chi connectivity index (χ2v) is 4.44. The lowest BCUT2D eigenvalue weighted by molar-refractivity contribution is -0.118. The number of rotatable bonds is 3. The van der Waals surface area contributed by atoms with Crippen molar-refractivity contribution < 1.29 is 4.79 Å². The third-order valence-corrected chi connectivity index (χ3v) is 2.65. The molecule has 2 N–H and O–H groups in total. The number of carbonyl (C=O) groups is 1. The number of hydrogen-bond donors (Lipinski definition) is 2. The molecule has 0 atom stereocenters. The van der Waals surface area contributed by atoms with Gasteiger partial charge in [0.15, 0.2) is 0 Å². The van der Waals surface area contributed by atoms with E-state index >= 15 is 0 Å². The number of carbonyl (C=O) groups excluding carboxylic acids is 1. The van der Waals surface area contributed by atoms with Crippen LogP contribution in [0.4, 0.5) is 5.82 Å². The van der Waals surface area contributed by atoms with Crippen LogP contribution in [0.1, 0.15) is 19.5 Å². The maximum Gasteiger partial charge on any atom is 0.228 e. The molecule has 2 rings (SSSR count). The normalized spacial score (nSPS) is 10.7. The molecule has 0 aliphatic heterocycles. The average molecular weight is 244 g/mol. The van der Waals surface area contributed by atoms with Crippen LogP contribution < -0.4 is 5.32 Å². The summed E-state index contributed by atoms with van der Waals surface area (Å²) in [5, 5.41) is 9.59. The topological polar surface area (TPSA) is 70.7 Å². The molecule has 0 aliphatic carbocycles. The Balaban J connectivity index is 2.23. The summed E-state index contributed by atoms with van der Waals surface area (Å²) in [6.45, 7) is 5.60. The van der Waals surface area contributed by atoms with Crippen LogP contribution in [-0.2, 0) is 4.79 Å². The molecule has 2 aromatic heterocycles. The van der Waals surface area contributed by atoms with E-state index in [9.17, 15) is 4.79 Å². The molecule has 2 aromatic rings. The van der Waals surface area contributed by atoms with Gasteiger partial charge in [0, 0.05) is 23.4 Å².